The zero-order chi connectivity index (χ0) is 10.6. The largest absolute Gasteiger partial charge is 0.488 e. The van der Waals surface area contributed by atoms with E-state index in [1.54, 1.807) is 6.92 Å². The SMILES string of the molecule is CC(O)C(C)Oc1ccc(CN)cc1. The summed E-state index contributed by atoms with van der Waals surface area (Å²) in [4.78, 5) is 0. The molecule has 1 rings (SSSR count). The molecule has 1 aromatic carbocycles. The van der Waals surface area contributed by atoms with Crippen molar-refractivity contribution < 1.29 is 9.84 Å². The standard InChI is InChI=1S/C11H17NO2/c1-8(13)9(2)14-11-5-3-10(7-12)4-6-11/h3-6,8-9,13H,7,12H2,1-2H3. The second kappa shape index (κ2) is 4.98. The van der Waals surface area contributed by atoms with Gasteiger partial charge in [-0.1, -0.05) is 12.1 Å². The number of ether oxygens (including phenoxy) is 1. The summed E-state index contributed by atoms with van der Waals surface area (Å²) in [7, 11) is 0. The molecule has 78 valence electrons. The van der Waals surface area contributed by atoms with E-state index in [0.29, 0.717) is 6.54 Å². The molecule has 0 bridgehead atoms. The highest BCUT2D eigenvalue weighted by molar-refractivity contribution is 5.27. The average Bonchev–Trinajstić information content (AvgIpc) is 2.19. The molecule has 2 atom stereocenters. The summed E-state index contributed by atoms with van der Waals surface area (Å²) >= 11 is 0. The first-order chi connectivity index (χ1) is 6.63. The minimum atomic E-state index is -0.468. The van der Waals surface area contributed by atoms with Gasteiger partial charge in [0.2, 0.25) is 0 Å². The Hall–Kier alpha value is -1.06. The van der Waals surface area contributed by atoms with Crippen LogP contribution in [0.5, 0.6) is 5.75 Å². The predicted octanol–water partition coefficient (Wildman–Crippen LogP) is 1.29. The molecular formula is C11H17NO2. The molecule has 14 heavy (non-hydrogen) atoms. The van der Waals surface area contributed by atoms with Gasteiger partial charge >= 0.3 is 0 Å². The maximum Gasteiger partial charge on any atom is 0.121 e. The van der Waals surface area contributed by atoms with E-state index in [1.165, 1.54) is 0 Å². The smallest absolute Gasteiger partial charge is 0.121 e. The molecule has 0 aromatic heterocycles. The quantitative estimate of drug-likeness (QED) is 0.761. The van der Waals surface area contributed by atoms with E-state index in [9.17, 15) is 5.11 Å². The molecule has 1 aromatic rings. The Morgan fingerprint density at radius 2 is 1.86 bits per heavy atom. The fourth-order valence-electron chi connectivity index (χ4n) is 1.02. The third-order valence-corrected chi connectivity index (χ3v) is 2.16. The second-order valence-electron chi connectivity index (χ2n) is 3.41. The highest BCUT2D eigenvalue weighted by Gasteiger charge is 2.09. The lowest BCUT2D eigenvalue weighted by Crippen LogP contribution is -2.25. The van der Waals surface area contributed by atoms with Gasteiger partial charge in [-0.05, 0) is 31.5 Å². The minimum Gasteiger partial charge on any atom is -0.488 e. The number of aliphatic hydroxyl groups excluding tert-OH is 1. The third kappa shape index (κ3) is 3.01. The molecule has 3 nitrogen and oxygen atoms in total. The molecule has 0 aliphatic rings. The van der Waals surface area contributed by atoms with E-state index >= 15 is 0 Å². The molecule has 3 heteroatoms. The van der Waals surface area contributed by atoms with Gasteiger partial charge < -0.3 is 15.6 Å². The summed E-state index contributed by atoms with van der Waals surface area (Å²) in [6.07, 6.45) is -0.664. The van der Waals surface area contributed by atoms with Crippen molar-refractivity contribution in [2.45, 2.75) is 32.6 Å². The number of nitrogens with two attached hydrogens (primary N) is 1. The highest BCUT2D eigenvalue weighted by Crippen LogP contribution is 2.14. The van der Waals surface area contributed by atoms with Crippen LogP contribution in [0.25, 0.3) is 0 Å². The van der Waals surface area contributed by atoms with Crippen LogP contribution in [0.15, 0.2) is 24.3 Å². The molecule has 0 saturated heterocycles. The van der Waals surface area contributed by atoms with E-state index in [0.717, 1.165) is 11.3 Å². The Morgan fingerprint density at radius 1 is 1.29 bits per heavy atom. The van der Waals surface area contributed by atoms with E-state index < -0.39 is 6.10 Å². The van der Waals surface area contributed by atoms with Gasteiger partial charge in [-0.25, -0.2) is 0 Å². The van der Waals surface area contributed by atoms with Crippen molar-refractivity contribution in [3.8, 4) is 5.75 Å². The Labute approximate surface area is 84.5 Å². The zero-order valence-corrected chi connectivity index (χ0v) is 8.60. The first kappa shape index (κ1) is 11.0. The van der Waals surface area contributed by atoms with Gasteiger partial charge in [0, 0.05) is 6.54 Å². The van der Waals surface area contributed by atoms with Crippen molar-refractivity contribution in [2.75, 3.05) is 0 Å². The summed E-state index contributed by atoms with van der Waals surface area (Å²) in [6, 6.07) is 7.57. The van der Waals surface area contributed by atoms with Crippen LogP contribution in [0.1, 0.15) is 19.4 Å². The van der Waals surface area contributed by atoms with Gasteiger partial charge in [0.05, 0.1) is 6.10 Å². The molecule has 2 unspecified atom stereocenters. The summed E-state index contributed by atoms with van der Waals surface area (Å²) in [6.45, 7) is 4.08. The Morgan fingerprint density at radius 3 is 2.29 bits per heavy atom. The zero-order valence-electron chi connectivity index (χ0n) is 8.60. The summed E-state index contributed by atoms with van der Waals surface area (Å²) < 4.78 is 5.48. The van der Waals surface area contributed by atoms with Crippen LogP contribution in [0, 0.1) is 0 Å². The van der Waals surface area contributed by atoms with Crippen molar-refractivity contribution in [3.63, 3.8) is 0 Å². The predicted molar refractivity (Wildman–Crippen MR) is 56.1 cm³/mol. The van der Waals surface area contributed by atoms with Gasteiger partial charge in [0.1, 0.15) is 11.9 Å². The molecule has 0 fully saturated rings. The van der Waals surface area contributed by atoms with Gasteiger partial charge in [0.15, 0.2) is 0 Å². The van der Waals surface area contributed by atoms with Crippen LogP contribution in [0.2, 0.25) is 0 Å². The van der Waals surface area contributed by atoms with Crippen LogP contribution >= 0.6 is 0 Å². The second-order valence-corrected chi connectivity index (χ2v) is 3.41. The highest BCUT2D eigenvalue weighted by atomic mass is 16.5. The fraction of sp³-hybridized carbons (Fsp3) is 0.455. The number of hydrogen-bond donors (Lipinski definition) is 2. The number of aliphatic hydroxyl groups is 1. The number of rotatable bonds is 4. The van der Waals surface area contributed by atoms with Crippen LogP contribution in [-0.2, 0) is 6.54 Å². The minimum absolute atomic E-state index is 0.196. The normalized spacial score (nSPS) is 14.9. The van der Waals surface area contributed by atoms with Crippen LogP contribution in [-0.4, -0.2) is 17.3 Å². The molecule has 0 spiro atoms. The van der Waals surface area contributed by atoms with E-state index in [2.05, 4.69) is 0 Å². The lowest BCUT2D eigenvalue weighted by atomic mass is 10.2. The number of benzene rings is 1. The average molecular weight is 195 g/mol. The van der Waals surface area contributed by atoms with Gasteiger partial charge in [-0.2, -0.15) is 0 Å². The maximum absolute atomic E-state index is 9.24. The van der Waals surface area contributed by atoms with E-state index in [4.69, 9.17) is 10.5 Å². The molecule has 0 aliphatic heterocycles. The van der Waals surface area contributed by atoms with Gasteiger partial charge in [-0.15, -0.1) is 0 Å². The van der Waals surface area contributed by atoms with Gasteiger partial charge in [0.25, 0.3) is 0 Å². The monoisotopic (exact) mass is 195 g/mol. The lowest BCUT2D eigenvalue weighted by Gasteiger charge is -2.17. The summed E-state index contributed by atoms with van der Waals surface area (Å²) in [5, 5.41) is 9.24. The summed E-state index contributed by atoms with van der Waals surface area (Å²) in [5.41, 5.74) is 6.54. The van der Waals surface area contributed by atoms with Crippen LogP contribution < -0.4 is 10.5 Å². The van der Waals surface area contributed by atoms with Crippen LogP contribution in [0.3, 0.4) is 0 Å². The Balaban J connectivity index is 2.59. The van der Waals surface area contributed by atoms with Crippen molar-refractivity contribution in [1.29, 1.82) is 0 Å². The first-order valence-electron chi connectivity index (χ1n) is 4.77. The van der Waals surface area contributed by atoms with E-state index in [1.807, 2.05) is 31.2 Å². The molecule has 0 heterocycles. The number of hydrogen-bond acceptors (Lipinski definition) is 3. The topological polar surface area (TPSA) is 55.5 Å². The third-order valence-electron chi connectivity index (χ3n) is 2.16. The van der Waals surface area contributed by atoms with Crippen LogP contribution in [0.4, 0.5) is 0 Å². The maximum atomic E-state index is 9.24. The lowest BCUT2D eigenvalue weighted by molar-refractivity contribution is 0.0604. The van der Waals surface area contributed by atoms with Crippen molar-refractivity contribution >= 4 is 0 Å². The molecular weight excluding hydrogens is 178 g/mol. The first-order valence-corrected chi connectivity index (χ1v) is 4.77. The Bertz CT molecular complexity index is 269. The van der Waals surface area contributed by atoms with Gasteiger partial charge in [-0.3, -0.25) is 0 Å². The molecule has 3 N–H and O–H groups in total. The fourth-order valence-corrected chi connectivity index (χ4v) is 1.02. The van der Waals surface area contributed by atoms with E-state index in [-0.39, 0.29) is 6.10 Å². The van der Waals surface area contributed by atoms with Crippen molar-refractivity contribution in [3.05, 3.63) is 29.8 Å². The van der Waals surface area contributed by atoms with Crippen molar-refractivity contribution in [1.82, 2.24) is 0 Å². The molecule has 0 saturated carbocycles. The molecule has 0 radical (unpaired) electrons. The molecule has 0 aliphatic carbocycles. The van der Waals surface area contributed by atoms with Crippen molar-refractivity contribution in [2.24, 2.45) is 5.73 Å². The Kier molecular flexibility index (Phi) is 3.92. The summed E-state index contributed by atoms with van der Waals surface area (Å²) in [5.74, 6) is 0.760. The molecule has 0 amide bonds.